The Labute approximate surface area is 234 Å². The summed E-state index contributed by atoms with van der Waals surface area (Å²) in [7, 11) is 1.77. The van der Waals surface area contributed by atoms with Crippen molar-refractivity contribution >= 4 is 28.3 Å². The molecule has 1 aliphatic rings. The molecule has 3 aromatic carbocycles. The van der Waals surface area contributed by atoms with Crippen LogP contribution in [0.1, 0.15) is 11.3 Å². The molecule has 5 N–H and O–H groups in total. The van der Waals surface area contributed by atoms with Gasteiger partial charge in [0.1, 0.15) is 34.0 Å². The second-order valence-electron chi connectivity index (χ2n) is 9.64. The van der Waals surface area contributed by atoms with Gasteiger partial charge in [-0.1, -0.05) is 30.3 Å². The van der Waals surface area contributed by atoms with Gasteiger partial charge < -0.3 is 26.1 Å². The minimum absolute atomic E-state index is 0.119. The number of para-hydroxylation sites is 1. The van der Waals surface area contributed by atoms with Gasteiger partial charge in [0.15, 0.2) is 0 Å². The Hall–Kier alpha value is -5.22. The molecule has 6 rings (SSSR count). The number of nitrogens with one attached hydrogen (secondary N) is 3. The van der Waals surface area contributed by atoms with Gasteiger partial charge in [-0.15, -0.1) is 0 Å². The topological polar surface area (TPSA) is 127 Å². The molecule has 0 saturated carbocycles. The van der Waals surface area contributed by atoms with Crippen LogP contribution >= 0.6 is 0 Å². The Balaban J connectivity index is 1.42. The van der Waals surface area contributed by atoms with Crippen LogP contribution in [0.4, 0.5) is 15.9 Å². The smallest absolute Gasteiger partial charge is 0.261 e. The Bertz CT molecular complexity index is 1860. The predicted octanol–water partition coefficient (Wildman–Crippen LogP) is 4.71. The highest BCUT2D eigenvalue weighted by Gasteiger charge is 2.28. The van der Waals surface area contributed by atoms with E-state index in [0.29, 0.717) is 64.5 Å². The van der Waals surface area contributed by atoms with Crippen molar-refractivity contribution in [1.29, 1.82) is 0 Å². The molecule has 2 aromatic heterocycles. The summed E-state index contributed by atoms with van der Waals surface area (Å²) < 4.78 is 22.4. The Morgan fingerprint density at radius 2 is 1.85 bits per heavy atom. The summed E-state index contributed by atoms with van der Waals surface area (Å²) in [4.78, 5) is 28.6. The number of carbonyl (C=O) groups is 1. The van der Waals surface area contributed by atoms with Crippen LogP contribution in [-0.2, 0) is 17.6 Å². The van der Waals surface area contributed by atoms with Crippen molar-refractivity contribution in [1.82, 2.24) is 20.1 Å². The summed E-state index contributed by atoms with van der Waals surface area (Å²) in [6.45, 7) is 0.508. The number of pyridine rings is 1. The number of anilines is 2. The van der Waals surface area contributed by atoms with Crippen molar-refractivity contribution in [3.8, 4) is 28.3 Å². The third-order valence-corrected chi connectivity index (χ3v) is 7.01. The number of rotatable bonds is 7. The molecule has 1 aliphatic carbocycles. The maximum absolute atomic E-state index is 15.0. The number of nitrogens with zero attached hydrogens (tertiary/aromatic N) is 2. The van der Waals surface area contributed by atoms with Crippen LogP contribution in [-0.4, -0.2) is 34.3 Å². The van der Waals surface area contributed by atoms with E-state index < -0.39 is 11.7 Å². The van der Waals surface area contributed by atoms with Crippen LogP contribution in [0.5, 0.6) is 11.5 Å². The van der Waals surface area contributed by atoms with E-state index >= 15 is 0 Å². The molecule has 1 amide bonds. The molecule has 10 heteroatoms. The molecule has 0 unspecified atom stereocenters. The molecule has 5 aromatic rings. The fourth-order valence-corrected chi connectivity index (χ4v) is 5.14. The monoisotopic (exact) mass is 550 g/mol. The van der Waals surface area contributed by atoms with Gasteiger partial charge in [-0.3, -0.25) is 9.59 Å². The van der Waals surface area contributed by atoms with Crippen molar-refractivity contribution in [3.63, 3.8) is 0 Å². The van der Waals surface area contributed by atoms with E-state index in [1.807, 2.05) is 30.3 Å². The van der Waals surface area contributed by atoms with Crippen molar-refractivity contribution in [2.24, 2.45) is 0 Å². The zero-order valence-corrected chi connectivity index (χ0v) is 22.2. The molecule has 9 nitrogen and oxygen atoms in total. The molecule has 0 atom stereocenters. The zero-order chi connectivity index (χ0) is 28.5. The molecule has 2 heterocycles. The van der Waals surface area contributed by atoms with E-state index in [1.165, 1.54) is 16.8 Å². The number of nitrogen functional groups attached to an aromatic ring is 1. The highest BCUT2D eigenvalue weighted by molar-refractivity contribution is 6.04. The summed E-state index contributed by atoms with van der Waals surface area (Å²) in [5.41, 5.74) is 9.97. The third kappa shape index (κ3) is 4.85. The van der Waals surface area contributed by atoms with E-state index in [2.05, 4.69) is 15.6 Å². The fourth-order valence-electron chi connectivity index (χ4n) is 5.14. The average molecular weight is 551 g/mol. The quantitative estimate of drug-likeness (QED) is 0.218. The van der Waals surface area contributed by atoms with Gasteiger partial charge in [0.2, 0.25) is 5.91 Å². The van der Waals surface area contributed by atoms with Crippen molar-refractivity contribution in [2.75, 3.05) is 24.6 Å². The first-order valence-electron chi connectivity index (χ1n) is 13.1. The summed E-state index contributed by atoms with van der Waals surface area (Å²) >= 11 is 0. The molecule has 0 fully saturated rings. The zero-order valence-electron chi connectivity index (χ0n) is 22.2. The van der Waals surface area contributed by atoms with E-state index in [-0.39, 0.29) is 22.5 Å². The maximum Gasteiger partial charge on any atom is 0.261 e. The lowest BCUT2D eigenvalue weighted by molar-refractivity contribution is -0.111. The number of hydrogen-bond donors (Lipinski definition) is 4. The van der Waals surface area contributed by atoms with Gasteiger partial charge in [0.05, 0.1) is 11.4 Å². The number of likely N-dealkylation sites (N-methyl/N-ethyl adjacent to an activating group) is 1. The Morgan fingerprint density at radius 3 is 2.61 bits per heavy atom. The standard InChI is InChI=1S/C31H27FN6O3/c1-34-17-5-8-25(39)36-28-22-14-16-24-26(21(22)13-15-23(28)32)29-27(31(40)35-24)30(33)38(37-29)18-9-11-20(12-10-18)41-19-6-3-2-4-7-19/h2-13,15,34H,14,16-17,33H2,1H3,(H,35,40)(H,36,39)/b8-5+. The molecular formula is C31H27FN6O3. The van der Waals surface area contributed by atoms with Gasteiger partial charge in [-0.25, -0.2) is 9.07 Å². The molecule has 0 aliphatic heterocycles. The second kappa shape index (κ2) is 10.7. The lowest BCUT2D eigenvalue weighted by atomic mass is 9.86. The third-order valence-electron chi connectivity index (χ3n) is 7.01. The fraction of sp³-hybridized carbons (Fsp3) is 0.129. The van der Waals surface area contributed by atoms with Gasteiger partial charge >= 0.3 is 0 Å². The number of halogens is 1. The first kappa shape index (κ1) is 26.0. The lowest BCUT2D eigenvalue weighted by Crippen LogP contribution is -2.18. The Morgan fingerprint density at radius 1 is 1.10 bits per heavy atom. The van der Waals surface area contributed by atoms with Gasteiger partial charge in [-0.05, 0) is 73.5 Å². The number of ether oxygens (including phenoxy) is 1. The molecule has 0 bridgehead atoms. The number of H-pyrrole nitrogens is 1. The average Bonchev–Trinajstić information content (AvgIpc) is 3.33. The van der Waals surface area contributed by atoms with E-state index in [4.69, 9.17) is 15.6 Å². The van der Waals surface area contributed by atoms with Crippen molar-refractivity contribution < 1.29 is 13.9 Å². The van der Waals surface area contributed by atoms with E-state index in [0.717, 1.165) is 0 Å². The molecule has 206 valence electrons. The number of aryl methyl sites for hydroxylation is 1. The van der Waals surface area contributed by atoms with Crippen LogP contribution in [0.25, 0.3) is 27.7 Å². The van der Waals surface area contributed by atoms with Crippen LogP contribution in [0, 0.1) is 5.82 Å². The summed E-state index contributed by atoms with van der Waals surface area (Å²) in [5, 5.41) is 10.6. The lowest BCUT2D eigenvalue weighted by Gasteiger charge is -2.23. The number of fused-ring (bicyclic) bond motifs is 5. The maximum atomic E-state index is 15.0. The number of carbonyl (C=O) groups excluding carboxylic acids is 1. The predicted molar refractivity (Wildman–Crippen MR) is 157 cm³/mol. The SMILES string of the molecule is CNC/C=C/C(=O)Nc1c(F)ccc2c1CCc1[nH]c(=O)c3c(N)n(-c4ccc(Oc5ccccc5)cc4)nc3c1-2. The summed E-state index contributed by atoms with van der Waals surface area (Å²) in [6.07, 6.45) is 3.88. The molecule has 0 saturated heterocycles. The molecule has 0 spiro atoms. The largest absolute Gasteiger partial charge is 0.457 e. The van der Waals surface area contributed by atoms with Crippen LogP contribution in [0.15, 0.2) is 83.7 Å². The Kier molecular flexibility index (Phi) is 6.82. The molecule has 0 radical (unpaired) electrons. The van der Waals surface area contributed by atoms with Crippen LogP contribution in [0.2, 0.25) is 0 Å². The molecule has 41 heavy (non-hydrogen) atoms. The number of hydrogen-bond acceptors (Lipinski definition) is 6. The molecular weight excluding hydrogens is 523 g/mol. The number of aromatic amines is 1. The first-order chi connectivity index (χ1) is 19.9. The number of amides is 1. The summed E-state index contributed by atoms with van der Waals surface area (Å²) in [5.74, 6) is 0.557. The number of benzene rings is 3. The van der Waals surface area contributed by atoms with E-state index in [9.17, 15) is 14.0 Å². The van der Waals surface area contributed by atoms with Gasteiger partial charge in [0.25, 0.3) is 5.56 Å². The van der Waals surface area contributed by atoms with Crippen LogP contribution < -0.4 is 26.7 Å². The summed E-state index contributed by atoms with van der Waals surface area (Å²) in [6, 6.07) is 19.6. The minimum atomic E-state index is -0.536. The van der Waals surface area contributed by atoms with Crippen LogP contribution in [0.3, 0.4) is 0 Å². The van der Waals surface area contributed by atoms with E-state index in [1.54, 1.807) is 43.5 Å². The number of nitrogens with two attached hydrogens (primary N) is 1. The normalized spacial score (nSPS) is 12.3. The second-order valence-corrected chi connectivity index (χ2v) is 9.64. The highest BCUT2D eigenvalue weighted by Crippen LogP contribution is 2.41. The number of aromatic nitrogens is 3. The minimum Gasteiger partial charge on any atom is -0.457 e. The highest BCUT2D eigenvalue weighted by atomic mass is 19.1. The van der Waals surface area contributed by atoms with Gasteiger partial charge in [0, 0.05) is 23.9 Å². The van der Waals surface area contributed by atoms with Gasteiger partial charge in [-0.2, -0.15) is 5.10 Å². The van der Waals surface area contributed by atoms with Crippen molar-refractivity contribution in [2.45, 2.75) is 12.8 Å². The first-order valence-corrected chi connectivity index (χ1v) is 13.1. The van der Waals surface area contributed by atoms with Crippen molar-refractivity contribution in [3.05, 3.63) is 106 Å².